The van der Waals surface area contributed by atoms with Crippen molar-refractivity contribution in [2.24, 2.45) is 5.92 Å². The van der Waals surface area contributed by atoms with Gasteiger partial charge in [0.15, 0.2) is 5.78 Å². The monoisotopic (exact) mass is 223 g/mol. The van der Waals surface area contributed by atoms with E-state index < -0.39 is 17.1 Å². The van der Waals surface area contributed by atoms with E-state index in [4.69, 9.17) is 4.74 Å². The maximum atomic E-state index is 11.7. The molecule has 1 aromatic rings. The summed E-state index contributed by atoms with van der Waals surface area (Å²) < 4.78 is 5.04. The van der Waals surface area contributed by atoms with Gasteiger partial charge in [-0.15, -0.1) is 0 Å². The van der Waals surface area contributed by atoms with Gasteiger partial charge in [0.1, 0.15) is 5.75 Å². The van der Waals surface area contributed by atoms with E-state index in [1.54, 1.807) is 0 Å². The summed E-state index contributed by atoms with van der Waals surface area (Å²) in [5, 5.41) is 19.9. The summed E-state index contributed by atoms with van der Waals surface area (Å²) in [6.07, 6.45) is -1.25. The van der Waals surface area contributed by atoms with Gasteiger partial charge in [0.25, 0.3) is 5.69 Å². The Morgan fingerprint density at radius 2 is 2.19 bits per heavy atom. The fourth-order valence-electron chi connectivity index (χ4n) is 1.53. The van der Waals surface area contributed by atoms with Gasteiger partial charge in [0, 0.05) is 6.07 Å². The van der Waals surface area contributed by atoms with Gasteiger partial charge in [-0.05, 0) is 13.0 Å². The molecule has 2 atom stereocenters. The predicted molar refractivity (Wildman–Crippen MR) is 53.2 cm³/mol. The number of hydrogen-bond acceptors (Lipinski definition) is 5. The van der Waals surface area contributed by atoms with Crippen LogP contribution < -0.4 is 4.74 Å². The number of benzene rings is 1. The van der Waals surface area contributed by atoms with Crippen LogP contribution in [0.5, 0.6) is 5.75 Å². The van der Waals surface area contributed by atoms with Crippen LogP contribution in [0.3, 0.4) is 0 Å². The molecule has 1 aliphatic heterocycles. The van der Waals surface area contributed by atoms with Gasteiger partial charge in [0.05, 0.1) is 22.5 Å². The second-order valence-electron chi connectivity index (χ2n) is 3.60. The van der Waals surface area contributed by atoms with Crippen molar-refractivity contribution in [2.45, 2.75) is 13.2 Å². The number of aliphatic hydroxyl groups is 1. The quantitative estimate of drug-likeness (QED) is 0.569. The minimum Gasteiger partial charge on any atom is -0.463 e. The van der Waals surface area contributed by atoms with E-state index in [9.17, 15) is 20.0 Å². The Bertz CT molecular complexity index is 470. The molecular weight excluding hydrogens is 214 g/mol. The number of non-ortho nitro benzene ring substituents is 1. The second-order valence-corrected chi connectivity index (χ2v) is 3.60. The van der Waals surface area contributed by atoms with E-state index in [0.717, 1.165) is 6.07 Å². The molecule has 2 unspecified atom stereocenters. The van der Waals surface area contributed by atoms with E-state index >= 15 is 0 Å². The van der Waals surface area contributed by atoms with Crippen LogP contribution in [-0.4, -0.2) is 22.1 Å². The predicted octanol–water partition coefficient (Wildman–Crippen LogP) is 1.12. The van der Waals surface area contributed by atoms with Crippen molar-refractivity contribution in [3.8, 4) is 5.75 Å². The highest BCUT2D eigenvalue weighted by Crippen LogP contribution is 2.32. The lowest BCUT2D eigenvalue weighted by Crippen LogP contribution is -2.35. The third kappa shape index (κ3) is 1.53. The molecule has 6 nitrogen and oxygen atoms in total. The number of aliphatic hydroxyl groups excluding tert-OH is 1. The molecular formula is C10H9NO5. The summed E-state index contributed by atoms with van der Waals surface area (Å²) in [6, 6.07) is 3.73. The molecule has 1 aliphatic rings. The molecule has 0 fully saturated rings. The van der Waals surface area contributed by atoms with E-state index in [0.29, 0.717) is 0 Å². The van der Waals surface area contributed by atoms with Gasteiger partial charge >= 0.3 is 0 Å². The fourth-order valence-corrected chi connectivity index (χ4v) is 1.53. The normalized spacial score (nSPS) is 23.5. The average molecular weight is 223 g/mol. The molecule has 0 aromatic heterocycles. The Balaban J connectivity index is 2.49. The van der Waals surface area contributed by atoms with Crippen molar-refractivity contribution >= 4 is 11.5 Å². The molecule has 6 heteroatoms. The highest BCUT2D eigenvalue weighted by Gasteiger charge is 2.33. The first kappa shape index (κ1) is 10.6. The lowest BCUT2D eigenvalue weighted by atomic mass is 9.95. The lowest BCUT2D eigenvalue weighted by Gasteiger charge is -2.26. The topological polar surface area (TPSA) is 89.7 Å². The zero-order valence-electron chi connectivity index (χ0n) is 8.41. The molecule has 0 aliphatic carbocycles. The zero-order chi connectivity index (χ0) is 11.9. The number of carbonyl (C=O) groups is 1. The molecule has 0 bridgehead atoms. The van der Waals surface area contributed by atoms with Crippen LogP contribution in [0.4, 0.5) is 5.69 Å². The molecule has 1 heterocycles. The number of ether oxygens (including phenoxy) is 1. The summed E-state index contributed by atoms with van der Waals surface area (Å²) in [5.74, 6) is -0.873. The number of fused-ring (bicyclic) bond motifs is 1. The number of ketones is 1. The molecule has 0 spiro atoms. The van der Waals surface area contributed by atoms with E-state index in [-0.39, 0.29) is 22.8 Å². The van der Waals surface area contributed by atoms with E-state index in [1.807, 2.05) is 0 Å². The summed E-state index contributed by atoms with van der Waals surface area (Å²) in [6.45, 7) is 1.54. The van der Waals surface area contributed by atoms with Crippen LogP contribution in [0.1, 0.15) is 17.3 Å². The largest absolute Gasteiger partial charge is 0.463 e. The maximum Gasteiger partial charge on any atom is 0.273 e. The first-order valence-corrected chi connectivity index (χ1v) is 4.68. The summed E-state index contributed by atoms with van der Waals surface area (Å²) in [5.41, 5.74) is 0.0942. The highest BCUT2D eigenvalue weighted by molar-refractivity contribution is 6.01. The zero-order valence-corrected chi connectivity index (χ0v) is 8.41. The number of Topliss-reactive ketones (excluding diaryl/α,β-unsaturated/α-hetero) is 1. The van der Waals surface area contributed by atoms with Gasteiger partial charge in [-0.2, -0.15) is 0 Å². The van der Waals surface area contributed by atoms with Crippen LogP contribution in [0, 0.1) is 16.0 Å². The number of hydrogen-bond donors (Lipinski definition) is 1. The minimum absolute atomic E-state index is 0.0600. The SMILES string of the molecule is CC1C(=O)c2ccc([N+](=O)[O-])cc2OC1O. The summed E-state index contributed by atoms with van der Waals surface area (Å²) in [7, 11) is 0. The molecule has 1 N–H and O–H groups in total. The third-order valence-electron chi connectivity index (χ3n) is 2.53. The van der Waals surface area contributed by atoms with Crippen molar-refractivity contribution in [3.05, 3.63) is 33.9 Å². The number of nitrogens with zero attached hydrogens (tertiary/aromatic N) is 1. The third-order valence-corrected chi connectivity index (χ3v) is 2.53. The van der Waals surface area contributed by atoms with Gasteiger partial charge in [-0.1, -0.05) is 0 Å². The minimum atomic E-state index is -1.25. The molecule has 0 saturated heterocycles. The standard InChI is InChI=1S/C10H9NO5/c1-5-9(12)7-3-2-6(11(14)15)4-8(7)16-10(5)13/h2-5,10,13H,1H3. The second kappa shape index (κ2) is 3.57. The van der Waals surface area contributed by atoms with E-state index in [1.165, 1.54) is 19.1 Å². The molecule has 16 heavy (non-hydrogen) atoms. The smallest absolute Gasteiger partial charge is 0.273 e. The Labute approximate surface area is 90.6 Å². The van der Waals surface area contributed by atoms with Crippen molar-refractivity contribution in [1.29, 1.82) is 0 Å². The van der Waals surface area contributed by atoms with Gasteiger partial charge in [-0.3, -0.25) is 14.9 Å². The molecule has 2 rings (SSSR count). The van der Waals surface area contributed by atoms with Crippen molar-refractivity contribution in [3.63, 3.8) is 0 Å². The van der Waals surface area contributed by atoms with Crippen LogP contribution in [-0.2, 0) is 0 Å². The number of carbonyl (C=O) groups excluding carboxylic acids is 1. The van der Waals surface area contributed by atoms with Gasteiger partial charge in [0.2, 0.25) is 6.29 Å². The number of nitro groups is 1. The van der Waals surface area contributed by atoms with Gasteiger partial charge in [-0.25, -0.2) is 0 Å². The molecule has 0 radical (unpaired) electrons. The summed E-state index contributed by atoms with van der Waals surface area (Å²) in [4.78, 5) is 21.6. The fraction of sp³-hybridized carbons (Fsp3) is 0.300. The maximum absolute atomic E-state index is 11.7. The van der Waals surface area contributed by atoms with Crippen LogP contribution in [0.2, 0.25) is 0 Å². The lowest BCUT2D eigenvalue weighted by molar-refractivity contribution is -0.385. The van der Waals surface area contributed by atoms with Crippen molar-refractivity contribution < 1.29 is 19.6 Å². The Hall–Kier alpha value is -1.95. The van der Waals surface area contributed by atoms with Crippen molar-refractivity contribution in [2.75, 3.05) is 0 Å². The Morgan fingerprint density at radius 1 is 1.50 bits per heavy atom. The first-order valence-electron chi connectivity index (χ1n) is 4.68. The van der Waals surface area contributed by atoms with Crippen LogP contribution in [0.25, 0.3) is 0 Å². The average Bonchev–Trinajstić information content (AvgIpc) is 2.25. The van der Waals surface area contributed by atoms with Crippen LogP contribution >= 0.6 is 0 Å². The number of nitro benzene ring substituents is 1. The molecule has 84 valence electrons. The molecule has 0 saturated carbocycles. The van der Waals surface area contributed by atoms with Crippen molar-refractivity contribution in [1.82, 2.24) is 0 Å². The van der Waals surface area contributed by atoms with Crippen LogP contribution in [0.15, 0.2) is 18.2 Å². The number of rotatable bonds is 1. The highest BCUT2D eigenvalue weighted by atomic mass is 16.6. The Morgan fingerprint density at radius 3 is 2.81 bits per heavy atom. The Kier molecular flexibility index (Phi) is 2.35. The van der Waals surface area contributed by atoms with E-state index in [2.05, 4.69) is 0 Å². The first-order chi connectivity index (χ1) is 7.50. The summed E-state index contributed by atoms with van der Waals surface area (Å²) >= 11 is 0. The molecule has 1 aromatic carbocycles. The van der Waals surface area contributed by atoms with Gasteiger partial charge < -0.3 is 9.84 Å². The molecule has 0 amide bonds.